The highest BCUT2D eigenvalue weighted by molar-refractivity contribution is 4.41. The van der Waals surface area contributed by atoms with Gasteiger partial charge in [-0.2, -0.15) is 0 Å². The molecule has 0 aliphatic rings. The van der Waals surface area contributed by atoms with Gasteiger partial charge in [0.15, 0.2) is 0 Å². The standard InChI is InChI=1S/C5H14N2O.CH4O/c1-5(8)6-4-7(2)3;1-2/h5-6,8H,4H2,1-3H3;2H,1H3. The van der Waals surface area contributed by atoms with Gasteiger partial charge in [0.05, 0.1) is 0 Å². The van der Waals surface area contributed by atoms with Crippen LogP contribution < -0.4 is 5.32 Å². The highest BCUT2D eigenvalue weighted by Crippen LogP contribution is 1.71. The molecule has 64 valence electrons. The molecule has 3 N–H and O–H groups in total. The van der Waals surface area contributed by atoms with Gasteiger partial charge in [0.2, 0.25) is 0 Å². The molecule has 1 unspecified atom stereocenters. The van der Waals surface area contributed by atoms with Gasteiger partial charge in [-0.05, 0) is 21.0 Å². The molecule has 0 aromatic carbocycles. The average Bonchev–Trinajstić information content (AvgIpc) is 1.89. The van der Waals surface area contributed by atoms with Crippen LogP contribution in [0.15, 0.2) is 0 Å². The van der Waals surface area contributed by atoms with Gasteiger partial charge in [0.1, 0.15) is 6.23 Å². The molecule has 0 aliphatic heterocycles. The second-order valence-electron chi connectivity index (χ2n) is 2.12. The molecule has 0 aliphatic carbocycles. The molecule has 0 heterocycles. The first-order chi connectivity index (χ1) is 4.63. The van der Waals surface area contributed by atoms with Gasteiger partial charge in [-0.25, -0.2) is 0 Å². The molecule has 0 radical (unpaired) electrons. The van der Waals surface area contributed by atoms with Gasteiger partial charge in [-0.3, -0.25) is 10.2 Å². The quantitative estimate of drug-likeness (QED) is 0.454. The van der Waals surface area contributed by atoms with Crippen molar-refractivity contribution >= 4 is 0 Å². The lowest BCUT2D eigenvalue weighted by Gasteiger charge is -2.12. The van der Waals surface area contributed by atoms with E-state index in [9.17, 15) is 0 Å². The minimum absolute atomic E-state index is 0.405. The maximum absolute atomic E-state index is 8.66. The molecule has 0 spiro atoms. The summed E-state index contributed by atoms with van der Waals surface area (Å²) in [6.07, 6.45) is -0.405. The predicted molar refractivity (Wildman–Crippen MR) is 41.5 cm³/mol. The first kappa shape index (κ1) is 12.5. The molecule has 0 saturated heterocycles. The molecule has 0 saturated carbocycles. The van der Waals surface area contributed by atoms with Crippen LogP contribution in [0.3, 0.4) is 0 Å². The Morgan fingerprint density at radius 3 is 1.90 bits per heavy atom. The van der Waals surface area contributed by atoms with Crippen LogP contribution in [0.2, 0.25) is 0 Å². The summed E-state index contributed by atoms with van der Waals surface area (Å²) in [6, 6.07) is 0. The van der Waals surface area contributed by atoms with Crippen molar-refractivity contribution in [3.63, 3.8) is 0 Å². The normalized spacial score (nSPS) is 12.3. The first-order valence-corrected chi connectivity index (χ1v) is 3.14. The zero-order chi connectivity index (χ0) is 8.57. The fourth-order valence-electron chi connectivity index (χ4n) is 0.315. The molecule has 0 bridgehead atoms. The zero-order valence-electron chi connectivity index (χ0n) is 7.13. The maximum atomic E-state index is 8.66. The third kappa shape index (κ3) is 15.7. The number of hydrogen-bond donors (Lipinski definition) is 3. The number of nitrogens with zero attached hydrogens (tertiary/aromatic N) is 1. The van der Waals surface area contributed by atoms with E-state index in [1.54, 1.807) is 6.92 Å². The molecule has 0 aromatic heterocycles. The Labute approximate surface area is 62.5 Å². The second-order valence-corrected chi connectivity index (χ2v) is 2.12. The topological polar surface area (TPSA) is 55.7 Å². The average molecular weight is 150 g/mol. The van der Waals surface area contributed by atoms with Crippen LogP contribution in [0, 0.1) is 0 Å². The van der Waals surface area contributed by atoms with Crippen LogP contribution in [0.25, 0.3) is 0 Å². The summed E-state index contributed by atoms with van der Waals surface area (Å²) in [7, 11) is 4.88. The Bertz CT molecular complexity index is 49.7. The Morgan fingerprint density at radius 1 is 1.40 bits per heavy atom. The SMILES string of the molecule is CC(O)NCN(C)C.CO. The molecule has 0 rings (SSSR count). The Balaban J connectivity index is 0. The van der Waals surface area contributed by atoms with Crippen molar-refractivity contribution in [1.29, 1.82) is 0 Å². The molecule has 4 heteroatoms. The number of aliphatic hydroxyl groups is 2. The lowest BCUT2D eigenvalue weighted by Crippen LogP contribution is -2.34. The van der Waals surface area contributed by atoms with E-state index in [0.717, 1.165) is 13.8 Å². The summed E-state index contributed by atoms with van der Waals surface area (Å²) in [4.78, 5) is 1.95. The number of aliphatic hydroxyl groups excluding tert-OH is 2. The summed E-state index contributed by atoms with van der Waals surface area (Å²) < 4.78 is 0. The summed E-state index contributed by atoms with van der Waals surface area (Å²) in [5.41, 5.74) is 0. The van der Waals surface area contributed by atoms with Crippen molar-refractivity contribution in [2.45, 2.75) is 13.2 Å². The Morgan fingerprint density at radius 2 is 1.80 bits per heavy atom. The van der Waals surface area contributed by atoms with E-state index in [-0.39, 0.29) is 0 Å². The van der Waals surface area contributed by atoms with Gasteiger partial charge in [-0.15, -0.1) is 0 Å². The third-order valence-electron chi connectivity index (χ3n) is 0.703. The number of nitrogens with one attached hydrogen (secondary N) is 1. The summed E-state index contributed by atoms with van der Waals surface area (Å²) in [6.45, 7) is 2.42. The van der Waals surface area contributed by atoms with Crippen LogP contribution in [-0.4, -0.2) is 49.2 Å². The summed E-state index contributed by atoms with van der Waals surface area (Å²) >= 11 is 0. The molecule has 0 fully saturated rings. The highest BCUT2D eigenvalue weighted by atomic mass is 16.3. The van der Waals surface area contributed by atoms with Gasteiger partial charge in [0, 0.05) is 13.8 Å². The molecule has 4 nitrogen and oxygen atoms in total. The number of rotatable bonds is 3. The van der Waals surface area contributed by atoms with E-state index in [4.69, 9.17) is 10.2 Å². The van der Waals surface area contributed by atoms with E-state index in [0.29, 0.717) is 0 Å². The molecular weight excluding hydrogens is 132 g/mol. The lowest BCUT2D eigenvalue weighted by atomic mass is 10.6. The Hall–Kier alpha value is -0.160. The largest absolute Gasteiger partial charge is 0.400 e. The zero-order valence-corrected chi connectivity index (χ0v) is 7.13. The van der Waals surface area contributed by atoms with Gasteiger partial charge < -0.3 is 10.2 Å². The maximum Gasteiger partial charge on any atom is 0.103 e. The van der Waals surface area contributed by atoms with Crippen molar-refractivity contribution in [2.24, 2.45) is 0 Å². The van der Waals surface area contributed by atoms with Gasteiger partial charge >= 0.3 is 0 Å². The minimum Gasteiger partial charge on any atom is -0.400 e. The van der Waals surface area contributed by atoms with Crippen molar-refractivity contribution in [3.8, 4) is 0 Å². The monoisotopic (exact) mass is 150 g/mol. The first-order valence-electron chi connectivity index (χ1n) is 3.14. The van der Waals surface area contributed by atoms with E-state index in [1.165, 1.54) is 0 Å². The van der Waals surface area contributed by atoms with Gasteiger partial charge in [0.25, 0.3) is 0 Å². The Kier molecular flexibility index (Phi) is 11.1. The van der Waals surface area contributed by atoms with E-state index >= 15 is 0 Å². The minimum atomic E-state index is -0.405. The molecule has 1 atom stereocenters. The fourth-order valence-corrected chi connectivity index (χ4v) is 0.315. The van der Waals surface area contributed by atoms with Crippen LogP contribution in [0.5, 0.6) is 0 Å². The smallest absolute Gasteiger partial charge is 0.103 e. The molecule has 10 heavy (non-hydrogen) atoms. The lowest BCUT2D eigenvalue weighted by molar-refractivity contribution is 0.137. The van der Waals surface area contributed by atoms with Crippen molar-refractivity contribution in [2.75, 3.05) is 27.9 Å². The van der Waals surface area contributed by atoms with Crippen LogP contribution in [0.1, 0.15) is 6.92 Å². The van der Waals surface area contributed by atoms with Crippen LogP contribution >= 0.6 is 0 Å². The third-order valence-corrected chi connectivity index (χ3v) is 0.703. The predicted octanol–water partition coefficient (Wildman–Crippen LogP) is -0.958. The summed E-state index contributed by atoms with van der Waals surface area (Å²) in [5.74, 6) is 0. The van der Waals surface area contributed by atoms with Crippen molar-refractivity contribution < 1.29 is 10.2 Å². The van der Waals surface area contributed by atoms with Crippen LogP contribution in [0.4, 0.5) is 0 Å². The summed E-state index contributed by atoms with van der Waals surface area (Å²) in [5, 5.41) is 18.5. The van der Waals surface area contributed by atoms with Crippen LogP contribution in [-0.2, 0) is 0 Å². The van der Waals surface area contributed by atoms with Crippen molar-refractivity contribution in [1.82, 2.24) is 10.2 Å². The fraction of sp³-hybridized carbons (Fsp3) is 1.00. The number of hydrogen-bond acceptors (Lipinski definition) is 4. The second kappa shape index (κ2) is 8.84. The van der Waals surface area contributed by atoms with E-state index in [2.05, 4.69) is 5.32 Å². The molecule has 0 aromatic rings. The van der Waals surface area contributed by atoms with Gasteiger partial charge in [-0.1, -0.05) is 0 Å². The molecule has 0 amide bonds. The molecular formula is C6H18N2O2. The van der Waals surface area contributed by atoms with E-state index in [1.807, 2.05) is 19.0 Å². The highest BCUT2D eigenvalue weighted by Gasteiger charge is 1.91. The van der Waals surface area contributed by atoms with E-state index < -0.39 is 6.23 Å². The van der Waals surface area contributed by atoms with Crippen molar-refractivity contribution in [3.05, 3.63) is 0 Å².